The molecule has 0 aliphatic rings. The first-order chi connectivity index (χ1) is 9.86. The summed E-state index contributed by atoms with van der Waals surface area (Å²) in [5.74, 6) is 1.78. The third kappa shape index (κ3) is 7.41. The molecule has 0 saturated heterocycles. The standard InChI is InChI=1S/C15H25N5/c1-3-10-19-15(16-4-2)20-13-8-7-12-18-14-9-5-6-11-17-14/h3,5-6,9,11H,1,4,7-8,10,12-13H2,2H3,(H,17,18)(H2,16,19,20). The normalized spacial score (nSPS) is 10.9. The Hall–Kier alpha value is -2.04. The van der Waals surface area contributed by atoms with Crippen LogP contribution in [-0.4, -0.2) is 37.1 Å². The predicted molar refractivity (Wildman–Crippen MR) is 86.1 cm³/mol. The number of aliphatic imine (C=N–C) groups is 1. The van der Waals surface area contributed by atoms with Crippen molar-refractivity contribution < 1.29 is 0 Å². The van der Waals surface area contributed by atoms with Crippen molar-refractivity contribution in [3.8, 4) is 0 Å². The van der Waals surface area contributed by atoms with Gasteiger partial charge in [-0.1, -0.05) is 12.1 Å². The fourth-order valence-corrected chi connectivity index (χ4v) is 1.62. The Morgan fingerprint density at radius 1 is 1.35 bits per heavy atom. The highest BCUT2D eigenvalue weighted by Gasteiger charge is 1.95. The summed E-state index contributed by atoms with van der Waals surface area (Å²) >= 11 is 0. The van der Waals surface area contributed by atoms with E-state index >= 15 is 0 Å². The fourth-order valence-electron chi connectivity index (χ4n) is 1.62. The van der Waals surface area contributed by atoms with Crippen molar-refractivity contribution in [3.05, 3.63) is 37.1 Å². The van der Waals surface area contributed by atoms with Gasteiger partial charge in [0.05, 0.1) is 0 Å². The lowest BCUT2D eigenvalue weighted by molar-refractivity contribution is 0.759. The molecule has 1 rings (SSSR count). The van der Waals surface area contributed by atoms with E-state index in [1.165, 1.54) is 0 Å². The highest BCUT2D eigenvalue weighted by molar-refractivity contribution is 5.79. The number of nitrogens with zero attached hydrogens (tertiary/aromatic N) is 2. The predicted octanol–water partition coefficient (Wildman–Crippen LogP) is 2.01. The zero-order valence-corrected chi connectivity index (χ0v) is 12.2. The number of rotatable bonds is 9. The van der Waals surface area contributed by atoms with E-state index in [0.717, 1.165) is 50.8 Å². The average Bonchev–Trinajstić information content (AvgIpc) is 2.49. The number of hydrogen-bond donors (Lipinski definition) is 3. The maximum atomic E-state index is 4.50. The summed E-state index contributed by atoms with van der Waals surface area (Å²) in [5.41, 5.74) is 0. The van der Waals surface area contributed by atoms with Crippen LogP contribution in [0.2, 0.25) is 0 Å². The molecule has 1 aromatic rings. The van der Waals surface area contributed by atoms with Gasteiger partial charge >= 0.3 is 0 Å². The van der Waals surface area contributed by atoms with Gasteiger partial charge in [-0.05, 0) is 31.9 Å². The van der Waals surface area contributed by atoms with Crippen LogP contribution in [0, 0.1) is 0 Å². The minimum absolute atomic E-state index is 0.729. The van der Waals surface area contributed by atoms with Gasteiger partial charge in [-0.2, -0.15) is 0 Å². The van der Waals surface area contributed by atoms with E-state index < -0.39 is 0 Å². The molecular weight excluding hydrogens is 250 g/mol. The molecule has 0 atom stereocenters. The number of unbranched alkanes of at least 4 members (excludes halogenated alkanes) is 1. The Labute approximate surface area is 121 Å². The maximum absolute atomic E-state index is 4.50. The van der Waals surface area contributed by atoms with E-state index in [4.69, 9.17) is 0 Å². The largest absolute Gasteiger partial charge is 0.370 e. The lowest BCUT2D eigenvalue weighted by atomic mass is 10.3. The van der Waals surface area contributed by atoms with E-state index in [1.54, 1.807) is 6.20 Å². The monoisotopic (exact) mass is 275 g/mol. The van der Waals surface area contributed by atoms with Crippen LogP contribution in [0.15, 0.2) is 42.0 Å². The average molecular weight is 275 g/mol. The van der Waals surface area contributed by atoms with Gasteiger partial charge in [0.1, 0.15) is 5.82 Å². The van der Waals surface area contributed by atoms with Gasteiger partial charge in [0, 0.05) is 32.4 Å². The smallest absolute Gasteiger partial charge is 0.191 e. The van der Waals surface area contributed by atoms with Crippen LogP contribution in [-0.2, 0) is 0 Å². The number of nitrogens with one attached hydrogen (secondary N) is 3. The lowest BCUT2D eigenvalue weighted by Gasteiger charge is -2.09. The summed E-state index contributed by atoms with van der Waals surface area (Å²) in [4.78, 5) is 8.71. The summed E-state index contributed by atoms with van der Waals surface area (Å²) < 4.78 is 0. The number of aromatic nitrogens is 1. The molecule has 0 unspecified atom stereocenters. The van der Waals surface area contributed by atoms with Gasteiger partial charge in [0.25, 0.3) is 0 Å². The van der Waals surface area contributed by atoms with Crippen molar-refractivity contribution in [2.75, 3.05) is 31.5 Å². The zero-order valence-electron chi connectivity index (χ0n) is 12.2. The van der Waals surface area contributed by atoms with Crippen LogP contribution in [0.25, 0.3) is 0 Å². The van der Waals surface area contributed by atoms with Gasteiger partial charge in [-0.15, -0.1) is 6.58 Å². The second-order valence-electron chi connectivity index (χ2n) is 4.28. The second kappa shape index (κ2) is 10.8. The first kappa shape index (κ1) is 16.0. The molecule has 0 aromatic carbocycles. The summed E-state index contributed by atoms with van der Waals surface area (Å²) in [7, 11) is 0. The van der Waals surface area contributed by atoms with Gasteiger partial charge in [0.2, 0.25) is 0 Å². The van der Waals surface area contributed by atoms with Gasteiger partial charge in [0.15, 0.2) is 5.96 Å². The molecule has 1 heterocycles. The molecule has 5 heteroatoms. The van der Waals surface area contributed by atoms with Crippen LogP contribution in [0.3, 0.4) is 0 Å². The Morgan fingerprint density at radius 3 is 2.95 bits per heavy atom. The molecule has 0 fully saturated rings. The Morgan fingerprint density at radius 2 is 2.25 bits per heavy atom. The minimum Gasteiger partial charge on any atom is -0.370 e. The van der Waals surface area contributed by atoms with Crippen LogP contribution in [0.1, 0.15) is 19.8 Å². The number of pyridine rings is 1. The highest BCUT2D eigenvalue weighted by Crippen LogP contribution is 2.00. The SMILES string of the molecule is C=CCNC(=NCCCCNc1ccccn1)NCC. The second-order valence-corrected chi connectivity index (χ2v) is 4.28. The molecule has 0 saturated carbocycles. The summed E-state index contributed by atoms with van der Waals surface area (Å²) in [6, 6.07) is 5.87. The molecule has 0 radical (unpaired) electrons. The van der Waals surface area contributed by atoms with Gasteiger partial charge in [-0.3, -0.25) is 4.99 Å². The number of guanidine groups is 1. The van der Waals surface area contributed by atoms with Crippen LogP contribution in [0.4, 0.5) is 5.82 Å². The van der Waals surface area contributed by atoms with Crippen molar-refractivity contribution in [2.24, 2.45) is 4.99 Å². The van der Waals surface area contributed by atoms with Crippen molar-refractivity contribution >= 4 is 11.8 Å². The van der Waals surface area contributed by atoms with E-state index in [2.05, 4.69) is 39.4 Å². The Kier molecular flexibility index (Phi) is 8.68. The molecule has 0 aliphatic carbocycles. The van der Waals surface area contributed by atoms with E-state index in [0.29, 0.717) is 0 Å². The zero-order chi connectivity index (χ0) is 14.5. The summed E-state index contributed by atoms with van der Waals surface area (Å²) in [5, 5.41) is 9.67. The van der Waals surface area contributed by atoms with Crippen LogP contribution in [0.5, 0.6) is 0 Å². The maximum Gasteiger partial charge on any atom is 0.191 e. The molecule has 0 bridgehead atoms. The molecule has 5 nitrogen and oxygen atoms in total. The van der Waals surface area contributed by atoms with Crippen molar-refractivity contribution in [2.45, 2.75) is 19.8 Å². The van der Waals surface area contributed by atoms with E-state index in [9.17, 15) is 0 Å². The lowest BCUT2D eigenvalue weighted by Crippen LogP contribution is -2.37. The fraction of sp³-hybridized carbons (Fsp3) is 0.467. The number of hydrogen-bond acceptors (Lipinski definition) is 3. The Balaban J connectivity index is 2.14. The Bertz CT molecular complexity index is 389. The molecular formula is C15H25N5. The van der Waals surface area contributed by atoms with Crippen LogP contribution >= 0.6 is 0 Å². The molecule has 3 N–H and O–H groups in total. The van der Waals surface area contributed by atoms with Crippen LogP contribution < -0.4 is 16.0 Å². The molecule has 20 heavy (non-hydrogen) atoms. The third-order valence-electron chi connectivity index (χ3n) is 2.58. The summed E-state index contributed by atoms with van der Waals surface area (Å²) in [6.45, 7) is 9.07. The molecule has 110 valence electrons. The molecule has 1 aromatic heterocycles. The van der Waals surface area contributed by atoms with Gasteiger partial charge in [-0.25, -0.2) is 4.98 Å². The van der Waals surface area contributed by atoms with E-state index in [1.807, 2.05) is 24.3 Å². The quantitative estimate of drug-likeness (QED) is 0.279. The van der Waals surface area contributed by atoms with Crippen molar-refractivity contribution in [3.63, 3.8) is 0 Å². The van der Waals surface area contributed by atoms with Gasteiger partial charge < -0.3 is 16.0 Å². The first-order valence-corrected chi connectivity index (χ1v) is 7.14. The first-order valence-electron chi connectivity index (χ1n) is 7.14. The topological polar surface area (TPSA) is 61.3 Å². The minimum atomic E-state index is 0.729. The molecule has 0 aliphatic heterocycles. The highest BCUT2D eigenvalue weighted by atomic mass is 15.2. The molecule has 0 amide bonds. The molecule has 0 spiro atoms. The van der Waals surface area contributed by atoms with E-state index in [-0.39, 0.29) is 0 Å². The van der Waals surface area contributed by atoms with Crippen molar-refractivity contribution in [1.82, 2.24) is 15.6 Å². The summed E-state index contributed by atoms with van der Waals surface area (Å²) in [6.07, 6.45) is 5.73. The third-order valence-corrected chi connectivity index (χ3v) is 2.58. The number of anilines is 1. The van der Waals surface area contributed by atoms with Crippen molar-refractivity contribution in [1.29, 1.82) is 0 Å².